The van der Waals surface area contributed by atoms with Crippen LogP contribution < -0.4 is 5.73 Å². The molecule has 0 saturated heterocycles. The third-order valence-corrected chi connectivity index (χ3v) is 3.50. The van der Waals surface area contributed by atoms with Gasteiger partial charge in [-0.15, -0.1) is 11.3 Å². The van der Waals surface area contributed by atoms with Gasteiger partial charge in [-0.25, -0.2) is 4.98 Å². The summed E-state index contributed by atoms with van der Waals surface area (Å²) in [7, 11) is 0. The number of nitrogens with two attached hydrogens (primary N) is 1. The minimum atomic E-state index is -0.506. The van der Waals surface area contributed by atoms with Gasteiger partial charge in [-0.3, -0.25) is 0 Å². The highest BCUT2D eigenvalue weighted by Gasteiger charge is 2.17. The van der Waals surface area contributed by atoms with Gasteiger partial charge in [-0.1, -0.05) is 11.2 Å². The van der Waals surface area contributed by atoms with Crippen LogP contribution in [0.4, 0.5) is 0 Å². The highest BCUT2D eigenvalue weighted by Crippen LogP contribution is 2.27. The number of nitrogens with zero attached hydrogens (tertiary/aromatic N) is 3. The lowest BCUT2D eigenvalue weighted by molar-refractivity contribution is 0.354. The van der Waals surface area contributed by atoms with Gasteiger partial charge in [0, 0.05) is 5.38 Å². The van der Waals surface area contributed by atoms with Crippen LogP contribution in [0.15, 0.2) is 33.6 Å². The predicted octanol–water partition coefficient (Wildman–Crippen LogP) is 1.85. The molecule has 8 heteroatoms. The van der Waals surface area contributed by atoms with Crippen LogP contribution in [0, 0.1) is 0 Å². The molecule has 2 aromatic heterocycles. The molecule has 4 N–H and O–H groups in total. The second-order valence-electron chi connectivity index (χ2n) is 4.46. The van der Waals surface area contributed by atoms with Crippen molar-refractivity contribution in [2.24, 2.45) is 5.73 Å². The van der Waals surface area contributed by atoms with Crippen LogP contribution in [-0.4, -0.2) is 25.3 Å². The quantitative estimate of drug-likeness (QED) is 0.629. The minimum absolute atomic E-state index is 0.170. The molecule has 108 valence electrons. The Kier molecular flexibility index (Phi) is 3.55. The van der Waals surface area contributed by atoms with Gasteiger partial charge in [0.05, 0.1) is 11.6 Å². The number of phenolic OH excluding ortho intramolecular Hbond substituents is 2. The Bertz CT molecular complexity index is 742. The highest BCUT2D eigenvalue weighted by molar-refractivity contribution is 7.07. The number of thiazole rings is 1. The zero-order chi connectivity index (χ0) is 14.8. The molecule has 0 amide bonds. The van der Waals surface area contributed by atoms with Gasteiger partial charge in [-0.05, 0) is 24.1 Å². The monoisotopic (exact) mass is 304 g/mol. The fourth-order valence-corrected chi connectivity index (χ4v) is 2.38. The van der Waals surface area contributed by atoms with Crippen LogP contribution in [0.1, 0.15) is 17.5 Å². The Morgan fingerprint density at radius 2 is 2.14 bits per heavy atom. The molecule has 0 aliphatic carbocycles. The highest BCUT2D eigenvalue weighted by atomic mass is 32.1. The van der Waals surface area contributed by atoms with Crippen molar-refractivity contribution >= 4 is 11.3 Å². The average Bonchev–Trinajstić information content (AvgIpc) is 3.12. The fraction of sp³-hybridized carbons (Fsp3) is 0.154. The number of aromatic hydroxyl groups is 2. The van der Waals surface area contributed by atoms with E-state index in [9.17, 15) is 10.2 Å². The Morgan fingerprint density at radius 1 is 1.29 bits per heavy atom. The number of benzene rings is 1. The Labute approximate surface area is 123 Å². The fourth-order valence-electron chi connectivity index (χ4n) is 1.85. The molecule has 0 saturated carbocycles. The van der Waals surface area contributed by atoms with Crippen molar-refractivity contribution in [3.8, 4) is 23.0 Å². The van der Waals surface area contributed by atoms with Crippen LogP contribution >= 0.6 is 11.3 Å². The van der Waals surface area contributed by atoms with Gasteiger partial charge in [0.2, 0.25) is 11.7 Å². The lowest BCUT2D eigenvalue weighted by Crippen LogP contribution is -2.13. The average molecular weight is 304 g/mol. The van der Waals surface area contributed by atoms with Gasteiger partial charge in [0.25, 0.3) is 0 Å². The number of hydrogen-bond acceptors (Lipinski definition) is 8. The number of rotatable bonds is 4. The van der Waals surface area contributed by atoms with E-state index in [1.165, 1.54) is 23.5 Å². The van der Waals surface area contributed by atoms with E-state index in [-0.39, 0.29) is 11.5 Å². The van der Waals surface area contributed by atoms with E-state index in [0.717, 1.165) is 5.56 Å². The van der Waals surface area contributed by atoms with E-state index >= 15 is 0 Å². The van der Waals surface area contributed by atoms with Gasteiger partial charge in [0.15, 0.2) is 11.5 Å². The van der Waals surface area contributed by atoms with Crippen LogP contribution in [-0.2, 0) is 6.42 Å². The molecule has 3 aromatic rings. The van der Waals surface area contributed by atoms with E-state index in [0.29, 0.717) is 23.8 Å². The first-order valence-electron chi connectivity index (χ1n) is 6.12. The topological polar surface area (TPSA) is 118 Å². The molecule has 0 aliphatic rings. The molecule has 0 bridgehead atoms. The van der Waals surface area contributed by atoms with E-state index in [4.69, 9.17) is 10.3 Å². The summed E-state index contributed by atoms with van der Waals surface area (Å²) in [6, 6.07) is 4.03. The molecule has 0 radical (unpaired) electrons. The Balaban J connectivity index is 1.76. The van der Waals surface area contributed by atoms with E-state index in [1.807, 2.05) is 5.38 Å². The molecule has 21 heavy (non-hydrogen) atoms. The molecule has 7 nitrogen and oxygen atoms in total. The Morgan fingerprint density at radius 3 is 2.86 bits per heavy atom. The van der Waals surface area contributed by atoms with Crippen LogP contribution in [0.3, 0.4) is 0 Å². The summed E-state index contributed by atoms with van der Waals surface area (Å²) in [5, 5.41) is 24.4. The summed E-state index contributed by atoms with van der Waals surface area (Å²) in [4.78, 5) is 8.31. The van der Waals surface area contributed by atoms with Gasteiger partial charge in [-0.2, -0.15) is 4.98 Å². The smallest absolute Gasteiger partial charge is 0.244 e. The number of hydrogen-bond donors (Lipinski definition) is 3. The lowest BCUT2D eigenvalue weighted by atomic mass is 10.1. The predicted molar refractivity (Wildman–Crippen MR) is 75.8 cm³/mol. The van der Waals surface area contributed by atoms with Crippen LogP contribution in [0.2, 0.25) is 0 Å². The van der Waals surface area contributed by atoms with Crippen molar-refractivity contribution in [1.29, 1.82) is 0 Å². The normalized spacial score (nSPS) is 12.4. The zero-order valence-corrected chi connectivity index (χ0v) is 11.6. The van der Waals surface area contributed by atoms with Crippen LogP contribution in [0.5, 0.6) is 11.5 Å². The molecular weight excluding hydrogens is 292 g/mol. The molecule has 0 aliphatic heterocycles. The third kappa shape index (κ3) is 2.86. The standard InChI is InChI=1S/C13H12N4O3S/c14-8(3-7-1-2-10(18)11(19)4-7)13-16-12(17-20-13)9-5-21-6-15-9/h1-2,4-6,8,18-19H,3,14H2. The lowest BCUT2D eigenvalue weighted by Gasteiger charge is -2.07. The summed E-state index contributed by atoms with van der Waals surface area (Å²) >= 11 is 1.44. The molecule has 0 fully saturated rings. The molecule has 3 rings (SSSR count). The van der Waals surface area contributed by atoms with E-state index < -0.39 is 6.04 Å². The maximum Gasteiger partial charge on any atom is 0.244 e. The Hall–Kier alpha value is -2.45. The van der Waals surface area contributed by atoms with Gasteiger partial charge >= 0.3 is 0 Å². The summed E-state index contributed by atoms with van der Waals surface area (Å²) < 4.78 is 5.14. The van der Waals surface area contributed by atoms with Gasteiger partial charge in [0.1, 0.15) is 5.69 Å². The summed E-state index contributed by atoms with van der Waals surface area (Å²) in [6.07, 6.45) is 0.395. The molecule has 1 unspecified atom stereocenters. The largest absolute Gasteiger partial charge is 0.504 e. The number of aromatic nitrogens is 3. The van der Waals surface area contributed by atoms with Crippen molar-refractivity contribution in [3.63, 3.8) is 0 Å². The van der Waals surface area contributed by atoms with Crippen molar-refractivity contribution in [2.75, 3.05) is 0 Å². The first kappa shape index (κ1) is 13.5. The first-order valence-corrected chi connectivity index (χ1v) is 7.06. The minimum Gasteiger partial charge on any atom is -0.504 e. The second kappa shape index (κ2) is 5.51. The van der Waals surface area contributed by atoms with Gasteiger partial charge < -0.3 is 20.5 Å². The first-order chi connectivity index (χ1) is 10.1. The SMILES string of the molecule is NC(Cc1ccc(O)c(O)c1)c1nc(-c2cscn2)no1. The van der Waals surface area contributed by atoms with E-state index in [2.05, 4.69) is 15.1 Å². The van der Waals surface area contributed by atoms with Crippen molar-refractivity contribution < 1.29 is 14.7 Å². The van der Waals surface area contributed by atoms with Crippen molar-refractivity contribution in [1.82, 2.24) is 15.1 Å². The van der Waals surface area contributed by atoms with Crippen molar-refractivity contribution in [3.05, 3.63) is 40.5 Å². The molecule has 1 aromatic carbocycles. The van der Waals surface area contributed by atoms with Crippen molar-refractivity contribution in [2.45, 2.75) is 12.5 Å². The summed E-state index contributed by atoms with van der Waals surface area (Å²) in [5.41, 5.74) is 9.11. The zero-order valence-electron chi connectivity index (χ0n) is 10.8. The molecule has 2 heterocycles. The van der Waals surface area contributed by atoms with E-state index in [1.54, 1.807) is 11.6 Å². The molecule has 1 atom stereocenters. The molecule has 0 spiro atoms. The maximum atomic E-state index is 9.46. The van der Waals surface area contributed by atoms with Crippen LogP contribution in [0.25, 0.3) is 11.5 Å². The summed E-state index contributed by atoms with van der Waals surface area (Å²) in [6.45, 7) is 0. The molecular formula is C13H12N4O3S. The number of phenols is 2. The third-order valence-electron chi connectivity index (χ3n) is 2.92. The maximum absolute atomic E-state index is 9.46. The second-order valence-corrected chi connectivity index (χ2v) is 5.18. The summed E-state index contributed by atoms with van der Waals surface area (Å²) in [5.74, 6) is 0.338.